The maximum Gasteiger partial charge on any atom is 0.338 e. The largest absolute Gasteiger partial charge is 0.467 e. The molecule has 166 valence electrons. The Morgan fingerprint density at radius 3 is 3.10 bits per heavy atom. The Hall–Kier alpha value is -2.57. The summed E-state index contributed by atoms with van der Waals surface area (Å²) in [6.45, 7) is 3.46. The zero-order valence-electron chi connectivity index (χ0n) is 16.9. The van der Waals surface area contributed by atoms with Crippen LogP contribution in [0.3, 0.4) is 0 Å². The molecule has 1 saturated heterocycles. The van der Waals surface area contributed by atoms with Gasteiger partial charge in [-0.05, 0) is 31.9 Å². The molecule has 2 atom stereocenters. The van der Waals surface area contributed by atoms with Crippen LogP contribution in [0.1, 0.15) is 31.6 Å². The number of urea groups is 1. The van der Waals surface area contributed by atoms with Gasteiger partial charge in [0.1, 0.15) is 11.8 Å². The summed E-state index contributed by atoms with van der Waals surface area (Å²) in [5.41, 5.74) is 0.766. The van der Waals surface area contributed by atoms with Crippen LogP contribution < -0.4 is 16.0 Å². The summed E-state index contributed by atoms with van der Waals surface area (Å²) < 4.78 is 17.0. The molecule has 31 heavy (non-hydrogen) atoms. The molecule has 0 saturated carbocycles. The number of hydrogen-bond donors (Lipinski definition) is 3. The van der Waals surface area contributed by atoms with Crippen LogP contribution in [0.25, 0.3) is 0 Å². The first-order valence-corrected chi connectivity index (χ1v) is 11.8. The topological polar surface area (TPSA) is 128 Å². The van der Waals surface area contributed by atoms with E-state index < -0.39 is 18.0 Å². The van der Waals surface area contributed by atoms with Gasteiger partial charge in [-0.2, -0.15) is 0 Å². The normalized spacial score (nSPS) is 21.0. The van der Waals surface area contributed by atoms with Gasteiger partial charge in [-0.25, -0.2) is 9.59 Å². The van der Waals surface area contributed by atoms with Gasteiger partial charge < -0.3 is 29.8 Å². The summed E-state index contributed by atoms with van der Waals surface area (Å²) >= 11 is 2.79. The van der Waals surface area contributed by atoms with Gasteiger partial charge >= 0.3 is 12.0 Å². The smallest absolute Gasteiger partial charge is 0.338 e. The van der Waals surface area contributed by atoms with Crippen LogP contribution in [0.15, 0.2) is 38.4 Å². The Labute approximate surface area is 187 Å². The Morgan fingerprint density at radius 2 is 2.35 bits per heavy atom. The second-order valence-electron chi connectivity index (χ2n) is 6.84. The fraction of sp³-hybridized carbons (Fsp3) is 0.474. The number of ether oxygens (including phenoxy) is 2. The third-order valence-electron chi connectivity index (χ3n) is 4.73. The third kappa shape index (κ3) is 5.38. The van der Waals surface area contributed by atoms with E-state index in [9.17, 15) is 9.59 Å². The van der Waals surface area contributed by atoms with E-state index in [1.165, 1.54) is 29.4 Å². The maximum absolute atomic E-state index is 12.7. The quantitative estimate of drug-likeness (QED) is 0.378. The highest BCUT2D eigenvalue weighted by atomic mass is 32.2. The van der Waals surface area contributed by atoms with Gasteiger partial charge in [-0.1, -0.05) is 23.1 Å². The first kappa shape index (κ1) is 21.7. The van der Waals surface area contributed by atoms with Gasteiger partial charge in [0.2, 0.25) is 5.13 Å². The fourth-order valence-corrected chi connectivity index (χ4v) is 5.06. The van der Waals surface area contributed by atoms with E-state index in [2.05, 4.69) is 26.1 Å². The molecule has 2 aromatic rings. The fourth-order valence-electron chi connectivity index (χ4n) is 3.33. The summed E-state index contributed by atoms with van der Waals surface area (Å²) in [7, 11) is 0. The Kier molecular flexibility index (Phi) is 7.10. The molecule has 2 aromatic heterocycles. The molecule has 0 unspecified atom stereocenters. The summed E-state index contributed by atoms with van der Waals surface area (Å²) in [6.07, 6.45) is 3.83. The third-order valence-corrected chi connectivity index (χ3v) is 6.77. The average Bonchev–Trinajstić information content (AvgIpc) is 3.53. The van der Waals surface area contributed by atoms with E-state index in [-0.39, 0.29) is 12.7 Å². The number of anilines is 1. The lowest BCUT2D eigenvalue weighted by molar-refractivity contribution is -0.139. The van der Waals surface area contributed by atoms with E-state index in [0.717, 1.165) is 19.4 Å². The van der Waals surface area contributed by atoms with Crippen molar-refractivity contribution in [1.82, 2.24) is 20.8 Å². The first-order valence-electron chi connectivity index (χ1n) is 9.97. The van der Waals surface area contributed by atoms with Gasteiger partial charge in [0.05, 0.1) is 24.5 Å². The number of hydrogen-bond acceptors (Lipinski definition) is 10. The summed E-state index contributed by atoms with van der Waals surface area (Å²) in [4.78, 5) is 24.9. The number of furan rings is 1. The molecule has 12 heteroatoms. The van der Waals surface area contributed by atoms with Gasteiger partial charge in [0.15, 0.2) is 4.34 Å². The molecular formula is C19H23N5O5S2. The molecule has 0 aliphatic carbocycles. The van der Waals surface area contributed by atoms with Crippen LogP contribution in [0.4, 0.5) is 9.93 Å². The van der Waals surface area contributed by atoms with Crippen molar-refractivity contribution in [2.45, 2.75) is 36.3 Å². The maximum atomic E-state index is 12.7. The van der Waals surface area contributed by atoms with Crippen LogP contribution in [-0.4, -0.2) is 53.8 Å². The minimum Gasteiger partial charge on any atom is -0.467 e. The monoisotopic (exact) mass is 465 g/mol. The minimum atomic E-state index is -0.726. The van der Waals surface area contributed by atoms with Crippen LogP contribution in [0.5, 0.6) is 0 Å². The second-order valence-corrected chi connectivity index (χ2v) is 9.04. The van der Waals surface area contributed by atoms with Gasteiger partial charge in [0, 0.05) is 24.6 Å². The average molecular weight is 466 g/mol. The van der Waals surface area contributed by atoms with Crippen molar-refractivity contribution >= 4 is 40.2 Å². The number of esters is 1. The van der Waals surface area contributed by atoms with Crippen molar-refractivity contribution in [2.24, 2.45) is 0 Å². The van der Waals surface area contributed by atoms with Gasteiger partial charge in [-0.15, -0.1) is 10.2 Å². The van der Waals surface area contributed by atoms with Crippen LogP contribution in [-0.2, 0) is 14.3 Å². The van der Waals surface area contributed by atoms with E-state index in [1.807, 2.05) is 0 Å². The molecule has 1 fully saturated rings. The van der Waals surface area contributed by atoms with E-state index in [4.69, 9.17) is 13.9 Å². The molecule has 0 spiro atoms. The molecule has 0 bridgehead atoms. The number of carbonyl (C=O) groups is 2. The number of thioether (sulfide) groups is 1. The number of rotatable bonds is 9. The predicted octanol–water partition coefficient (Wildman–Crippen LogP) is 2.69. The molecule has 0 radical (unpaired) electrons. The Morgan fingerprint density at radius 1 is 1.45 bits per heavy atom. The first-order chi connectivity index (χ1) is 15.1. The number of carbonyl (C=O) groups excluding carboxylic acids is 2. The lowest BCUT2D eigenvalue weighted by Crippen LogP contribution is -2.46. The summed E-state index contributed by atoms with van der Waals surface area (Å²) in [6, 6.07) is 2.27. The van der Waals surface area contributed by atoms with Crippen molar-refractivity contribution in [3.8, 4) is 0 Å². The molecule has 3 N–H and O–H groups in total. The van der Waals surface area contributed by atoms with E-state index >= 15 is 0 Å². The molecule has 2 amide bonds. The minimum absolute atomic E-state index is 0.209. The predicted molar refractivity (Wildman–Crippen MR) is 115 cm³/mol. The van der Waals surface area contributed by atoms with E-state index in [1.54, 1.807) is 19.1 Å². The molecule has 4 rings (SSSR count). The zero-order valence-corrected chi connectivity index (χ0v) is 18.5. The highest BCUT2D eigenvalue weighted by molar-refractivity contribution is 8.01. The van der Waals surface area contributed by atoms with Crippen molar-refractivity contribution in [1.29, 1.82) is 0 Å². The number of nitrogens with zero attached hydrogens (tertiary/aromatic N) is 2. The summed E-state index contributed by atoms with van der Waals surface area (Å²) in [5, 5.41) is 17.7. The zero-order chi connectivity index (χ0) is 21.6. The molecule has 10 nitrogen and oxygen atoms in total. The second kappa shape index (κ2) is 10.2. The SMILES string of the molecule is CCOC(=O)C1=C(CSc2nnc(NC[C@@H]3CCCO3)s2)NC(=O)N[C@@H]1c1ccco1. The Balaban J connectivity index is 1.47. The van der Waals surface area contributed by atoms with Crippen LogP contribution >= 0.6 is 23.1 Å². The number of aromatic nitrogens is 2. The highest BCUT2D eigenvalue weighted by Gasteiger charge is 2.35. The van der Waals surface area contributed by atoms with Crippen molar-refractivity contribution < 1.29 is 23.5 Å². The molecular weight excluding hydrogens is 442 g/mol. The van der Waals surface area contributed by atoms with Crippen molar-refractivity contribution in [3.63, 3.8) is 0 Å². The molecule has 0 aromatic carbocycles. The van der Waals surface area contributed by atoms with Gasteiger partial charge in [-0.3, -0.25) is 0 Å². The highest BCUT2D eigenvalue weighted by Crippen LogP contribution is 2.32. The lowest BCUT2D eigenvalue weighted by atomic mass is 10.0. The molecule has 4 heterocycles. The van der Waals surface area contributed by atoms with Crippen molar-refractivity contribution in [3.05, 3.63) is 35.4 Å². The molecule has 2 aliphatic rings. The van der Waals surface area contributed by atoms with Crippen LogP contribution in [0, 0.1) is 0 Å². The molecule has 2 aliphatic heterocycles. The number of nitrogens with one attached hydrogen (secondary N) is 3. The number of amides is 2. The Bertz CT molecular complexity index is 939. The standard InChI is InChI=1S/C19H23N5O5S2/c1-2-27-16(25)14-12(21-17(26)22-15(14)13-6-4-8-29-13)10-30-19-24-23-18(31-19)20-9-11-5-3-7-28-11/h4,6,8,11,15H,2-3,5,7,9-10H2,1H3,(H,20,23)(H2,21,22,26)/t11-,15+/m0/s1. The summed E-state index contributed by atoms with van der Waals surface area (Å²) in [5.74, 6) is 0.263. The van der Waals surface area contributed by atoms with E-state index in [0.29, 0.717) is 38.8 Å². The van der Waals surface area contributed by atoms with Crippen LogP contribution in [0.2, 0.25) is 0 Å². The van der Waals surface area contributed by atoms with Gasteiger partial charge in [0.25, 0.3) is 0 Å². The van der Waals surface area contributed by atoms with Crippen molar-refractivity contribution in [2.75, 3.05) is 30.8 Å². The lowest BCUT2D eigenvalue weighted by Gasteiger charge is -2.27.